The molecule has 16 heavy (non-hydrogen) atoms. The van der Waals surface area contributed by atoms with Gasteiger partial charge in [0.05, 0.1) is 24.3 Å². The van der Waals surface area contributed by atoms with Crippen LogP contribution in [0.15, 0.2) is 18.2 Å². The molecule has 0 heterocycles. The Hall–Kier alpha value is -0.680. The summed E-state index contributed by atoms with van der Waals surface area (Å²) in [6.45, 7) is 0.745. The molecule has 3 nitrogen and oxygen atoms in total. The normalized spacial score (nSPS) is 12.8. The van der Waals surface area contributed by atoms with Crippen molar-refractivity contribution in [1.29, 1.82) is 0 Å². The highest BCUT2D eigenvalue weighted by atomic mass is 35.5. The minimum atomic E-state index is -0.437. The van der Waals surface area contributed by atoms with E-state index in [4.69, 9.17) is 21.4 Å². The quantitative estimate of drug-likeness (QED) is 0.802. The summed E-state index contributed by atoms with van der Waals surface area (Å²) in [6, 6.07) is 4.47. The van der Waals surface area contributed by atoms with E-state index in [1.165, 1.54) is 6.07 Å². The molecule has 0 aromatic heterocycles. The molecular weight excluding hydrogens is 233 g/mol. The van der Waals surface area contributed by atoms with Crippen molar-refractivity contribution in [2.75, 3.05) is 20.3 Å². The minimum Gasteiger partial charge on any atom is -0.395 e. The molecule has 1 atom stereocenters. The molecule has 0 saturated carbocycles. The molecule has 1 unspecified atom stereocenters. The first-order valence-electron chi connectivity index (χ1n) is 4.95. The van der Waals surface area contributed by atoms with E-state index in [0.717, 1.165) is 0 Å². The summed E-state index contributed by atoms with van der Waals surface area (Å²) >= 11 is 5.79. The summed E-state index contributed by atoms with van der Waals surface area (Å²) in [4.78, 5) is 0. The second-order valence-corrected chi connectivity index (χ2v) is 3.81. The van der Waals surface area contributed by atoms with Crippen LogP contribution in [0.1, 0.15) is 5.56 Å². The van der Waals surface area contributed by atoms with Crippen molar-refractivity contribution in [3.8, 4) is 0 Å². The Kier molecular flexibility index (Phi) is 5.69. The molecule has 0 aliphatic heterocycles. The molecule has 0 fully saturated rings. The Morgan fingerprint density at radius 2 is 2.31 bits per heavy atom. The SMILES string of the molecule is COCC(CO)NCc1cccc(F)c1Cl. The predicted molar refractivity (Wildman–Crippen MR) is 61.0 cm³/mol. The third-order valence-corrected chi connectivity index (χ3v) is 2.62. The van der Waals surface area contributed by atoms with Gasteiger partial charge in [-0.25, -0.2) is 4.39 Å². The van der Waals surface area contributed by atoms with Crippen molar-refractivity contribution in [2.24, 2.45) is 0 Å². The van der Waals surface area contributed by atoms with Crippen molar-refractivity contribution in [2.45, 2.75) is 12.6 Å². The highest BCUT2D eigenvalue weighted by molar-refractivity contribution is 6.31. The predicted octanol–water partition coefficient (Wildman–Crippen LogP) is 1.58. The number of hydrogen-bond donors (Lipinski definition) is 2. The van der Waals surface area contributed by atoms with E-state index >= 15 is 0 Å². The number of methoxy groups -OCH3 is 1. The zero-order chi connectivity index (χ0) is 12.0. The number of aliphatic hydroxyl groups excluding tert-OH is 1. The van der Waals surface area contributed by atoms with Gasteiger partial charge in [0, 0.05) is 13.7 Å². The lowest BCUT2D eigenvalue weighted by Crippen LogP contribution is -2.36. The zero-order valence-electron chi connectivity index (χ0n) is 9.04. The lowest BCUT2D eigenvalue weighted by atomic mass is 10.2. The van der Waals surface area contributed by atoms with Gasteiger partial charge < -0.3 is 15.2 Å². The number of benzene rings is 1. The van der Waals surface area contributed by atoms with E-state index in [2.05, 4.69) is 5.32 Å². The molecule has 0 amide bonds. The summed E-state index contributed by atoms with van der Waals surface area (Å²) in [6.07, 6.45) is 0. The molecule has 0 aliphatic carbocycles. The van der Waals surface area contributed by atoms with Crippen LogP contribution in [0.5, 0.6) is 0 Å². The first-order chi connectivity index (χ1) is 7.69. The van der Waals surface area contributed by atoms with Crippen LogP contribution >= 0.6 is 11.6 Å². The Balaban J connectivity index is 2.56. The topological polar surface area (TPSA) is 41.5 Å². The maximum absolute atomic E-state index is 13.1. The van der Waals surface area contributed by atoms with E-state index in [0.29, 0.717) is 18.7 Å². The van der Waals surface area contributed by atoms with E-state index in [-0.39, 0.29) is 17.7 Å². The van der Waals surface area contributed by atoms with E-state index in [1.807, 2.05) is 0 Å². The molecule has 1 rings (SSSR count). The third-order valence-electron chi connectivity index (χ3n) is 2.20. The monoisotopic (exact) mass is 247 g/mol. The first kappa shape index (κ1) is 13.4. The van der Waals surface area contributed by atoms with E-state index in [1.54, 1.807) is 19.2 Å². The number of nitrogens with one attached hydrogen (secondary N) is 1. The van der Waals surface area contributed by atoms with Crippen molar-refractivity contribution in [3.05, 3.63) is 34.6 Å². The van der Waals surface area contributed by atoms with Crippen LogP contribution in [-0.4, -0.2) is 31.5 Å². The Labute approximate surface area is 99.2 Å². The number of halogens is 2. The molecule has 2 N–H and O–H groups in total. The highest BCUT2D eigenvalue weighted by Gasteiger charge is 2.09. The van der Waals surface area contributed by atoms with Gasteiger partial charge in [-0.15, -0.1) is 0 Å². The molecular formula is C11H15ClFNO2. The van der Waals surface area contributed by atoms with Crippen LogP contribution < -0.4 is 5.32 Å². The van der Waals surface area contributed by atoms with Gasteiger partial charge in [0.25, 0.3) is 0 Å². The second-order valence-electron chi connectivity index (χ2n) is 3.43. The summed E-state index contributed by atoms with van der Waals surface area (Å²) in [5, 5.41) is 12.2. The van der Waals surface area contributed by atoms with Gasteiger partial charge in [0.1, 0.15) is 5.82 Å². The molecule has 1 aromatic rings. The van der Waals surface area contributed by atoms with Crippen molar-refractivity contribution in [1.82, 2.24) is 5.32 Å². The molecule has 0 bridgehead atoms. The van der Waals surface area contributed by atoms with Crippen LogP contribution in [0.4, 0.5) is 4.39 Å². The number of ether oxygens (including phenoxy) is 1. The van der Waals surface area contributed by atoms with Gasteiger partial charge in [0.2, 0.25) is 0 Å². The van der Waals surface area contributed by atoms with Crippen LogP contribution in [0.25, 0.3) is 0 Å². The fourth-order valence-electron chi connectivity index (χ4n) is 1.32. The average Bonchev–Trinajstić information content (AvgIpc) is 2.29. The van der Waals surface area contributed by atoms with Gasteiger partial charge in [0.15, 0.2) is 0 Å². The summed E-state index contributed by atoms with van der Waals surface area (Å²) in [5.41, 5.74) is 0.663. The van der Waals surface area contributed by atoms with Gasteiger partial charge >= 0.3 is 0 Å². The van der Waals surface area contributed by atoms with Crippen LogP contribution in [-0.2, 0) is 11.3 Å². The fraction of sp³-hybridized carbons (Fsp3) is 0.455. The van der Waals surface area contributed by atoms with E-state index < -0.39 is 5.82 Å². The zero-order valence-corrected chi connectivity index (χ0v) is 9.80. The Morgan fingerprint density at radius 1 is 1.56 bits per heavy atom. The van der Waals surface area contributed by atoms with Crippen molar-refractivity contribution in [3.63, 3.8) is 0 Å². The molecule has 5 heteroatoms. The van der Waals surface area contributed by atoms with Crippen molar-refractivity contribution < 1.29 is 14.2 Å². The van der Waals surface area contributed by atoms with Crippen LogP contribution in [0.2, 0.25) is 5.02 Å². The average molecular weight is 248 g/mol. The fourth-order valence-corrected chi connectivity index (χ4v) is 1.51. The highest BCUT2D eigenvalue weighted by Crippen LogP contribution is 2.19. The lowest BCUT2D eigenvalue weighted by molar-refractivity contribution is 0.128. The standard InChI is InChI=1S/C11H15ClFNO2/c1-16-7-9(6-15)14-5-8-3-2-4-10(13)11(8)12/h2-4,9,14-15H,5-7H2,1H3. The molecule has 0 radical (unpaired) electrons. The third kappa shape index (κ3) is 3.72. The smallest absolute Gasteiger partial charge is 0.142 e. The van der Waals surface area contributed by atoms with Gasteiger partial charge in [-0.05, 0) is 11.6 Å². The lowest BCUT2D eigenvalue weighted by Gasteiger charge is -2.15. The van der Waals surface area contributed by atoms with Gasteiger partial charge in [-0.1, -0.05) is 23.7 Å². The number of aliphatic hydroxyl groups is 1. The Morgan fingerprint density at radius 3 is 2.94 bits per heavy atom. The van der Waals surface area contributed by atoms with Crippen LogP contribution in [0, 0.1) is 5.82 Å². The minimum absolute atomic E-state index is 0.0409. The maximum Gasteiger partial charge on any atom is 0.142 e. The summed E-state index contributed by atoms with van der Waals surface area (Å²) in [5.74, 6) is -0.437. The van der Waals surface area contributed by atoms with Crippen LogP contribution in [0.3, 0.4) is 0 Å². The molecule has 1 aromatic carbocycles. The Bertz CT molecular complexity index is 336. The molecule has 90 valence electrons. The largest absolute Gasteiger partial charge is 0.395 e. The maximum atomic E-state index is 13.1. The van der Waals surface area contributed by atoms with Gasteiger partial charge in [-0.2, -0.15) is 0 Å². The second kappa shape index (κ2) is 6.81. The van der Waals surface area contributed by atoms with E-state index in [9.17, 15) is 4.39 Å². The summed E-state index contributed by atoms with van der Waals surface area (Å²) in [7, 11) is 1.56. The molecule has 0 spiro atoms. The summed E-state index contributed by atoms with van der Waals surface area (Å²) < 4.78 is 18.0. The van der Waals surface area contributed by atoms with Gasteiger partial charge in [-0.3, -0.25) is 0 Å². The number of rotatable bonds is 6. The van der Waals surface area contributed by atoms with Crippen molar-refractivity contribution >= 4 is 11.6 Å². The number of hydrogen-bond acceptors (Lipinski definition) is 3. The first-order valence-corrected chi connectivity index (χ1v) is 5.33. The molecule has 0 aliphatic rings. The molecule has 0 saturated heterocycles.